The Balaban J connectivity index is 0.887. The number of hydrogen-bond acceptors (Lipinski definition) is 3. The van der Waals surface area contributed by atoms with Crippen LogP contribution in [0.3, 0.4) is 0 Å². The lowest BCUT2D eigenvalue weighted by molar-refractivity contribution is 0.669. The zero-order valence-electron chi connectivity index (χ0n) is 38.1. The number of furan rings is 2. The predicted octanol–water partition coefficient (Wildman–Crippen LogP) is 18.3. The summed E-state index contributed by atoms with van der Waals surface area (Å²) < 4.78 is 12.7. The van der Waals surface area contributed by atoms with Gasteiger partial charge < -0.3 is 13.7 Å². The molecule has 0 radical (unpaired) electrons. The van der Waals surface area contributed by atoms with Gasteiger partial charge in [-0.2, -0.15) is 0 Å². The summed E-state index contributed by atoms with van der Waals surface area (Å²) in [6.07, 6.45) is 0. The molecule has 11 aromatic carbocycles. The maximum atomic E-state index is 6.49. The molecule has 0 fully saturated rings. The summed E-state index contributed by atoms with van der Waals surface area (Å²) >= 11 is 0. The Labute approximate surface area is 405 Å². The van der Waals surface area contributed by atoms with Crippen LogP contribution in [0.5, 0.6) is 0 Å². The summed E-state index contributed by atoms with van der Waals surface area (Å²) in [5, 5.41) is 4.50. The largest absolute Gasteiger partial charge is 0.456 e. The lowest BCUT2D eigenvalue weighted by atomic mass is 9.67. The quantitative estimate of drug-likeness (QED) is 0.152. The Morgan fingerprint density at radius 2 is 0.786 bits per heavy atom. The second-order valence-electron chi connectivity index (χ2n) is 18.4. The van der Waals surface area contributed by atoms with Crippen molar-refractivity contribution < 1.29 is 8.83 Å². The highest BCUT2D eigenvalue weighted by Gasteiger charge is 2.46. The van der Waals surface area contributed by atoms with Crippen molar-refractivity contribution in [2.45, 2.75) is 5.41 Å². The number of fused-ring (bicyclic) bond motifs is 9. The van der Waals surface area contributed by atoms with Crippen LogP contribution in [-0.4, -0.2) is 0 Å². The molecule has 14 rings (SSSR count). The van der Waals surface area contributed by atoms with Gasteiger partial charge in [-0.1, -0.05) is 194 Å². The van der Waals surface area contributed by atoms with Crippen LogP contribution in [0.1, 0.15) is 22.3 Å². The molecule has 0 aliphatic heterocycles. The van der Waals surface area contributed by atoms with Crippen molar-refractivity contribution in [2.75, 3.05) is 4.90 Å². The summed E-state index contributed by atoms with van der Waals surface area (Å²) in [4.78, 5) is 2.37. The number of para-hydroxylation sites is 3. The Kier molecular flexibility index (Phi) is 9.11. The van der Waals surface area contributed by atoms with E-state index in [9.17, 15) is 0 Å². The first-order valence-corrected chi connectivity index (χ1v) is 24.0. The van der Waals surface area contributed by atoms with Gasteiger partial charge in [-0.15, -0.1) is 0 Å². The van der Waals surface area contributed by atoms with Crippen LogP contribution in [-0.2, 0) is 5.41 Å². The van der Waals surface area contributed by atoms with Crippen LogP contribution < -0.4 is 4.90 Å². The van der Waals surface area contributed by atoms with Gasteiger partial charge in [0.1, 0.15) is 22.3 Å². The molecule has 2 heterocycles. The summed E-state index contributed by atoms with van der Waals surface area (Å²) in [6.45, 7) is 0. The summed E-state index contributed by atoms with van der Waals surface area (Å²) in [5.41, 5.74) is 20.7. The average Bonchev–Trinajstić information content (AvgIpc) is 4.10. The van der Waals surface area contributed by atoms with E-state index in [0.29, 0.717) is 0 Å². The Morgan fingerprint density at radius 1 is 0.271 bits per heavy atom. The SMILES string of the molecule is c1ccc(C2(c3ccccc3)c3ccccc3-c3cc(-c4cccc(N(c5ccc(-c6ccc7oc8ccccc8c7c6)cc5)c5ccc(-c6cccc7c6oc6ccccc67)cc5)c4)ccc32)cc1. The van der Waals surface area contributed by atoms with Crippen LogP contribution >= 0.6 is 0 Å². The number of rotatable bonds is 8. The van der Waals surface area contributed by atoms with E-state index in [-0.39, 0.29) is 0 Å². The topological polar surface area (TPSA) is 29.5 Å². The second kappa shape index (κ2) is 16.0. The maximum absolute atomic E-state index is 6.49. The zero-order chi connectivity index (χ0) is 46.2. The average molecular weight is 894 g/mol. The Hall–Kier alpha value is -9.18. The monoisotopic (exact) mass is 893 g/mol. The molecule has 0 bridgehead atoms. The van der Waals surface area contributed by atoms with E-state index >= 15 is 0 Å². The number of anilines is 3. The molecular weight excluding hydrogens is 851 g/mol. The van der Waals surface area contributed by atoms with E-state index in [1.54, 1.807) is 0 Å². The van der Waals surface area contributed by atoms with Gasteiger partial charge in [0.05, 0.1) is 5.41 Å². The van der Waals surface area contributed by atoms with Crippen molar-refractivity contribution in [1.29, 1.82) is 0 Å². The fraction of sp³-hybridized carbons (Fsp3) is 0.0149. The molecule has 13 aromatic rings. The first kappa shape index (κ1) is 39.9. The van der Waals surface area contributed by atoms with Gasteiger partial charge in [0.15, 0.2) is 0 Å². The fourth-order valence-electron chi connectivity index (χ4n) is 11.4. The van der Waals surface area contributed by atoms with E-state index in [1.165, 1.54) is 38.9 Å². The summed E-state index contributed by atoms with van der Waals surface area (Å²) in [5.74, 6) is 0. The molecule has 1 aliphatic carbocycles. The zero-order valence-corrected chi connectivity index (χ0v) is 38.1. The van der Waals surface area contributed by atoms with E-state index in [1.807, 2.05) is 24.3 Å². The fourth-order valence-corrected chi connectivity index (χ4v) is 11.4. The molecule has 70 heavy (non-hydrogen) atoms. The predicted molar refractivity (Wildman–Crippen MR) is 289 cm³/mol. The molecule has 3 nitrogen and oxygen atoms in total. The maximum Gasteiger partial charge on any atom is 0.143 e. The molecule has 0 N–H and O–H groups in total. The number of benzene rings is 11. The Bertz CT molecular complexity index is 4070. The minimum atomic E-state index is -0.446. The molecular formula is C67H43NO2. The normalized spacial score (nSPS) is 12.7. The first-order valence-electron chi connectivity index (χ1n) is 24.0. The van der Waals surface area contributed by atoms with Crippen LogP contribution in [0.15, 0.2) is 270 Å². The van der Waals surface area contributed by atoms with Crippen molar-refractivity contribution in [3.63, 3.8) is 0 Å². The molecule has 0 saturated carbocycles. The molecule has 0 unspecified atom stereocenters. The van der Waals surface area contributed by atoms with Crippen molar-refractivity contribution >= 4 is 60.9 Å². The third-order valence-electron chi connectivity index (χ3n) is 14.6. The second-order valence-corrected chi connectivity index (χ2v) is 18.4. The van der Waals surface area contributed by atoms with Gasteiger partial charge in [-0.05, 0) is 128 Å². The lowest BCUT2D eigenvalue weighted by Crippen LogP contribution is -2.28. The van der Waals surface area contributed by atoms with Crippen molar-refractivity contribution in [2.24, 2.45) is 0 Å². The molecule has 2 aromatic heterocycles. The smallest absolute Gasteiger partial charge is 0.143 e. The van der Waals surface area contributed by atoms with E-state index in [2.05, 4.69) is 241 Å². The molecule has 1 aliphatic rings. The van der Waals surface area contributed by atoms with E-state index < -0.39 is 5.41 Å². The van der Waals surface area contributed by atoms with Crippen LogP contribution in [0.4, 0.5) is 17.1 Å². The molecule has 328 valence electrons. The lowest BCUT2D eigenvalue weighted by Gasteiger charge is -2.33. The highest BCUT2D eigenvalue weighted by Crippen LogP contribution is 2.57. The standard InChI is InChI=1S/C67H43NO2/c1-3-16-49(17-4-1)67(50-18-5-2-6-19-50)61-26-10-7-21-55(61)59-42-48(33-39-62(59)67)46-15-13-20-53(41-46)68(51-35-29-44(30-36-51)47-34-40-65-60(43-47)57-23-9-11-27-63(57)69-65)52-37-31-45(32-38-52)54-24-14-25-58-56-22-8-12-28-64(56)70-66(54)58/h1-43H. The Morgan fingerprint density at radius 3 is 1.53 bits per heavy atom. The van der Waals surface area contributed by atoms with Crippen molar-refractivity contribution in [3.8, 4) is 44.5 Å². The highest BCUT2D eigenvalue weighted by atomic mass is 16.3. The molecule has 0 saturated heterocycles. The highest BCUT2D eigenvalue weighted by molar-refractivity contribution is 6.10. The van der Waals surface area contributed by atoms with E-state index in [0.717, 1.165) is 88.8 Å². The third-order valence-corrected chi connectivity index (χ3v) is 14.6. The minimum Gasteiger partial charge on any atom is -0.456 e. The summed E-state index contributed by atoms with van der Waals surface area (Å²) in [6, 6.07) is 94.3. The van der Waals surface area contributed by atoms with Gasteiger partial charge >= 0.3 is 0 Å². The van der Waals surface area contributed by atoms with Gasteiger partial charge in [0, 0.05) is 44.2 Å². The first-order chi connectivity index (χ1) is 34.7. The number of nitrogens with zero attached hydrogens (tertiary/aromatic N) is 1. The summed E-state index contributed by atoms with van der Waals surface area (Å²) in [7, 11) is 0. The van der Waals surface area contributed by atoms with Gasteiger partial charge in [-0.25, -0.2) is 0 Å². The molecule has 3 heteroatoms. The molecule has 0 amide bonds. The van der Waals surface area contributed by atoms with Crippen LogP contribution in [0.2, 0.25) is 0 Å². The minimum absolute atomic E-state index is 0.446. The van der Waals surface area contributed by atoms with E-state index in [4.69, 9.17) is 8.83 Å². The van der Waals surface area contributed by atoms with Crippen molar-refractivity contribution in [1.82, 2.24) is 0 Å². The van der Waals surface area contributed by atoms with Crippen LogP contribution in [0.25, 0.3) is 88.4 Å². The third kappa shape index (κ3) is 6.22. The number of hydrogen-bond donors (Lipinski definition) is 0. The molecule has 0 spiro atoms. The van der Waals surface area contributed by atoms with Crippen molar-refractivity contribution in [3.05, 3.63) is 283 Å². The molecule has 0 atom stereocenters. The van der Waals surface area contributed by atoms with Gasteiger partial charge in [0.25, 0.3) is 0 Å². The van der Waals surface area contributed by atoms with Gasteiger partial charge in [-0.3, -0.25) is 0 Å². The van der Waals surface area contributed by atoms with Crippen LogP contribution in [0, 0.1) is 0 Å². The van der Waals surface area contributed by atoms with Gasteiger partial charge in [0.2, 0.25) is 0 Å².